The maximum absolute atomic E-state index is 5.63. The Morgan fingerprint density at radius 3 is 2.78 bits per heavy atom. The molecule has 0 bridgehead atoms. The molecular weight excluding hydrogens is 136 g/mol. The van der Waals surface area contributed by atoms with Gasteiger partial charge in [-0.3, -0.25) is 4.57 Å². The summed E-state index contributed by atoms with van der Waals surface area (Å²) in [5.74, 6) is 0. The van der Waals surface area contributed by atoms with Gasteiger partial charge in [0.25, 0.3) is 0 Å². The highest BCUT2D eigenvalue weighted by Crippen LogP contribution is 2.09. The molecule has 0 fully saturated rings. The van der Waals surface area contributed by atoms with Crippen molar-refractivity contribution >= 4 is 17.3 Å². The van der Waals surface area contributed by atoms with Crippen LogP contribution in [0.5, 0.6) is 0 Å². The molecular formula is C6H7ClN2. The second-order valence-corrected chi connectivity index (χ2v) is 2.14. The number of rotatable bonds is 1. The number of hydrogen-bond donors (Lipinski definition) is 0. The van der Waals surface area contributed by atoms with E-state index in [4.69, 9.17) is 11.6 Å². The van der Waals surface area contributed by atoms with Crippen LogP contribution >= 0.6 is 11.6 Å². The van der Waals surface area contributed by atoms with Gasteiger partial charge in [0, 0.05) is 18.1 Å². The molecule has 1 aromatic heterocycles. The quantitative estimate of drug-likeness (QED) is 0.587. The largest absolute Gasteiger partial charge is 0.295 e. The topological polar surface area (TPSA) is 17.8 Å². The second-order valence-electron chi connectivity index (χ2n) is 1.80. The van der Waals surface area contributed by atoms with Crippen LogP contribution in [0.4, 0.5) is 0 Å². The van der Waals surface area contributed by atoms with E-state index in [2.05, 4.69) is 11.6 Å². The molecule has 1 heterocycles. The first-order chi connectivity index (χ1) is 4.22. The third-order valence-corrected chi connectivity index (χ3v) is 1.29. The van der Waals surface area contributed by atoms with Crippen molar-refractivity contribution in [2.45, 2.75) is 6.92 Å². The molecule has 0 saturated carbocycles. The van der Waals surface area contributed by atoms with Gasteiger partial charge in [-0.25, -0.2) is 4.98 Å². The predicted molar refractivity (Wildman–Crippen MR) is 38.2 cm³/mol. The number of allylic oxidation sites excluding steroid dienone is 1. The van der Waals surface area contributed by atoms with Crippen LogP contribution in [0.15, 0.2) is 19.0 Å². The fourth-order valence-electron chi connectivity index (χ4n) is 0.570. The van der Waals surface area contributed by atoms with Crippen molar-refractivity contribution in [1.29, 1.82) is 0 Å². The summed E-state index contributed by atoms with van der Waals surface area (Å²) in [6.45, 7) is 5.57. The molecule has 48 valence electrons. The van der Waals surface area contributed by atoms with Crippen LogP contribution in [0.25, 0.3) is 5.70 Å². The molecule has 0 atom stereocenters. The lowest BCUT2D eigenvalue weighted by Crippen LogP contribution is -1.88. The van der Waals surface area contributed by atoms with Gasteiger partial charge in [-0.15, -0.1) is 0 Å². The highest BCUT2D eigenvalue weighted by molar-refractivity contribution is 6.28. The maximum Gasteiger partial charge on any atom is 0.207 e. The van der Waals surface area contributed by atoms with E-state index in [1.165, 1.54) is 0 Å². The van der Waals surface area contributed by atoms with Gasteiger partial charge in [-0.05, 0) is 18.5 Å². The monoisotopic (exact) mass is 142 g/mol. The van der Waals surface area contributed by atoms with Crippen LogP contribution in [0.1, 0.15) is 6.92 Å². The minimum atomic E-state index is 0.461. The molecule has 9 heavy (non-hydrogen) atoms. The van der Waals surface area contributed by atoms with Crippen LogP contribution in [0.3, 0.4) is 0 Å². The zero-order chi connectivity index (χ0) is 6.85. The van der Waals surface area contributed by atoms with Gasteiger partial charge in [0.05, 0.1) is 0 Å². The molecule has 1 rings (SSSR count). The molecule has 0 aliphatic carbocycles. The first kappa shape index (κ1) is 6.36. The Morgan fingerprint density at radius 2 is 2.56 bits per heavy atom. The van der Waals surface area contributed by atoms with E-state index >= 15 is 0 Å². The van der Waals surface area contributed by atoms with E-state index in [1.807, 2.05) is 6.92 Å². The zero-order valence-electron chi connectivity index (χ0n) is 5.13. The minimum absolute atomic E-state index is 0.461. The lowest BCUT2D eigenvalue weighted by Gasteiger charge is -1.98. The highest BCUT2D eigenvalue weighted by Gasteiger charge is 1.95. The van der Waals surface area contributed by atoms with Crippen molar-refractivity contribution < 1.29 is 0 Å². The molecule has 3 heteroatoms. The van der Waals surface area contributed by atoms with Gasteiger partial charge in [0.15, 0.2) is 0 Å². The maximum atomic E-state index is 5.63. The number of nitrogens with zero attached hydrogens (tertiary/aromatic N) is 2. The summed E-state index contributed by atoms with van der Waals surface area (Å²) in [6, 6.07) is 0. The third kappa shape index (κ3) is 1.13. The first-order valence-electron chi connectivity index (χ1n) is 2.56. The average molecular weight is 143 g/mol. The lowest BCUT2D eigenvalue weighted by atomic mass is 10.6. The van der Waals surface area contributed by atoms with Crippen LogP contribution in [-0.4, -0.2) is 9.55 Å². The number of halogens is 1. The molecule has 0 spiro atoms. The van der Waals surface area contributed by atoms with Crippen LogP contribution < -0.4 is 0 Å². The summed E-state index contributed by atoms with van der Waals surface area (Å²) in [5.41, 5.74) is 0.873. The standard InChI is InChI=1S/C6H7ClN2/c1-5(2)9-4-3-8-6(9)7/h3-4H,1H2,2H3. The van der Waals surface area contributed by atoms with E-state index in [1.54, 1.807) is 17.0 Å². The lowest BCUT2D eigenvalue weighted by molar-refractivity contribution is 1.08. The Labute approximate surface area is 58.8 Å². The molecule has 0 aliphatic heterocycles. The molecule has 0 unspecified atom stereocenters. The molecule has 0 saturated heterocycles. The van der Waals surface area contributed by atoms with Gasteiger partial charge in [-0.2, -0.15) is 0 Å². The number of hydrogen-bond acceptors (Lipinski definition) is 1. The van der Waals surface area contributed by atoms with Crippen molar-refractivity contribution in [3.8, 4) is 0 Å². The summed E-state index contributed by atoms with van der Waals surface area (Å²) in [6.07, 6.45) is 3.40. The van der Waals surface area contributed by atoms with Gasteiger partial charge >= 0.3 is 0 Å². The zero-order valence-corrected chi connectivity index (χ0v) is 5.89. The average Bonchev–Trinajstić information content (AvgIpc) is 2.13. The number of aromatic nitrogens is 2. The van der Waals surface area contributed by atoms with Crippen LogP contribution in [0, 0.1) is 0 Å². The Morgan fingerprint density at radius 1 is 1.89 bits per heavy atom. The van der Waals surface area contributed by atoms with E-state index in [9.17, 15) is 0 Å². The van der Waals surface area contributed by atoms with Crippen molar-refractivity contribution in [2.75, 3.05) is 0 Å². The first-order valence-corrected chi connectivity index (χ1v) is 2.94. The van der Waals surface area contributed by atoms with Crippen LogP contribution in [0.2, 0.25) is 5.28 Å². The minimum Gasteiger partial charge on any atom is -0.295 e. The Kier molecular flexibility index (Phi) is 1.58. The summed E-state index contributed by atoms with van der Waals surface area (Å²) in [5, 5.41) is 0.461. The third-order valence-electron chi connectivity index (χ3n) is 1.01. The molecule has 0 amide bonds. The molecule has 0 N–H and O–H groups in total. The molecule has 0 radical (unpaired) electrons. The van der Waals surface area contributed by atoms with Crippen molar-refractivity contribution in [3.63, 3.8) is 0 Å². The van der Waals surface area contributed by atoms with E-state index in [0.717, 1.165) is 5.70 Å². The molecule has 2 nitrogen and oxygen atoms in total. The van der Waals surface area contributed by atoms with Crippen molar-refractivity contribution in [2.24, 2.45) is 0 Å². The Bertz CT molecular complexity index is 227. The second kappa shape index (κ2) is 2.23. The van der Waals surface area contributed by atoms with Gasteiger partial charge in [-0.1, -0.05) is 6.58 Å². The van der Waals surface area contributed by atoms with E-state index in [-0.39, 0.29) is 0 Å². The molecule has 1 aromatic rings. The summed E-state index contributed by atoms with van der Waals surface area (Å²) >= 11 is 5.63. The van der Waals surface area contributed by atoms with Crippen molar-refractivity contribution in [3.05, 3.63) is 24.3 Å². The normalized spacial score (nSPS) is 9.56. The fraction of sp³-hybridized carbons (Fsp3) is 0.167. The Balaban J connectivity index is 3.08. The predicted octanol–water partition coefficient (Wildman–Crippen LogP) is 2.03. The van der Waals surface area contributed by atoms with Crippen molar-refractivity contribution in [1.82, 2.24) is 9.55 Å². The van der Waals surface area contributed by atoms with Gasteiger partial charge in [0.2, 0.25) is 5.28 Å². The van der Waals surface area contributed by atoms with Gasteiger partial charge in [0.1, 0.15) is 0 Å². The van der Waals surface area contributed by atoms with Gasteiger partial charge < -0.3 is 0 Å². The smallest absolute Gasteiger partial charge is 0.207 e. The molecule has 0 aromatic carbocycles. The Hall–Kier alpha value is -0.760. The fourth-order valence-corrected chi connectivity index (χ4v) is 0.827. The number of imidazole rings is 1. The van der Waals surface area contributed by atoms with E-state index in [0.29, 0.717) is 5.28 Å². The summed E-state index contributed by atoms with van der Waals surface area (Å²) < 4.78 is 1.71. The summed E-state index contributed by atoms with van der Waals surface area (Å²) in [4.78, 5) is 3.81. The SMILES string of the molecule is C=C(C)n1ccnc1Cl. The van der Waals surface area contributed by atoms with E-state index < -0.39 is 0 Å². The van der Waals surface area contributed by atoms with Crippen LogP contribution in [-0.2, 0) is 0 Å². The molecule has 0 aliphatic rings. The summed E-state index contributed by atoms with van der Waals surface area (Å²) in [7, 11) is 0. The highest BCUT2D eigenvalue weighted by atomic mass is 35.5.